The fourth-order valence-electron chi connectivity index (χ4n) is 4.15. The van der Waals surface area contributed by atoms with Gasteiger partial charge in [0.2, 0.25) is 5.91 Å². The van der Waals surface area contributed by atoms with Gasteiger partial charge >= 0.3 is 11.7 Å². The molecule has 1 amide bonds. The summed E-state index contributed by atoms with van der Waals surface area (Å²) in [7, 11) is 0. The highest BCUT2D eigenvalue weighted by molar-refractivity contribution is 6.35. The number of piperidine rings is 1. The van der Waals surface area contributed by atoms with Crippen LogP contribution in [0.2, 0.25) is 10.0 Å². The van der Waals surface area contributed by atoms with Crippen molar-refractivity contribution in [1.82, 2.24) is 20.2 Å². The zero-order valence-electron chi connectivity index (χ0n) is 19.6. The minimum Gasteiger partial charge on any atom is -0.424 e. The Morgan fingerprint density at radius 2 is 1.72 bits per heavy atom. The molecule has 1 aliphatic heterocycles. The van der Waals surface area contributed by atoms with Gasteiger partial charge in [0.15, 0.2) is 0 Å². The molecule has 1 fully saturated rings. The van der Waals surface area contributed by atoms with E-state index < -0.39 is 4.92 Å². The summed E-state index contributed by atoms with van der Waals surface area (Å²) in [5.74, 6) is 0.969. The lowest BCUT2D eigenvalue weighted by Crippen LogP contribution is -2.37. The number of likely N-dealkylation sites (tertiary alicyclic amines) is 1. The molecule has 0 unspecified atom stereocenters. The molecule has 0 radical (unpaired) electrons. The summed E-state index contributed by atoms with van der Waals surface area (Å²) in [6.07, 6.45) is 4.22. The molecule has 0 bridgehead atoms. The van der Waals surface area contributed by atoms with Gasteiger partial charge < -0.3 is 10.1 Å². The maximum atomic E-state index is 11.2. The quantitative estimate of drug-likeness (QED) is 0.303. The highest BCUT2D eigenvalue weighted by Gasteiger charge is 2.20. The molecule has 3 aromatic rings. The smallest absolute Gasteiger partial charge is 0.322 e. The van der Waals surface area contributed by atoms with Crippen LogP contribution in [0, 0.1) is 16.0 Å². The Labute approximate surface area is 218 Å². The summed E-state index contributed by atoms with van der Waals surface area (Å²) < 4.78 is 5.87. The Bertz CT molecular complexity index is 1230. The Balaban J connectivity index is 1.55. The molecule has 0 aliphatic carbocycles. The molecule has 2 heterocycles. The second-order valence-electron chi connectivity index (χ2n) is 8.76. The monoisotopic (exact) mass is 529 g/mol. The number of nitrogens with zero attached hydrogens (tertiary/aromatic N) is 4. The van der Waals surface area contributed by atoms with Crippen molar-refractivity contribution >= 4 is 34.8 Å². The summed E-state index contributed by atoms with van der Waals surface area (Å²) in [5.41, 5.74) is 2.49. The van der Waals surface area contributed by atoms with Crippen molar-refractivity contribution in [2.75, 3.05) is 19.6 Å². The normalized spacial score (nSPS) is 14.4. The average Bonchev–Trinajstić information content (AvgIpc) is 2.83. The molecule has 4 rings (SSSR count). The highest BCUT2D eigenvalue weighted by Crippen LogP contribution is 2.33. The van der Waals surface area contributed by atoms with Crippen molar-refractivity contribution in [3.05, 3.63) is 74.5 Å². The fraction of sp³-hybridized carbons (Fsp3) is 0.320. The lowest BCUT2D eigenvalue weighted by Gasteiger charge is -2.32. The highest BCUT2D eigenvalue weighted by atomic mass is 35.5. The summed E-state index contributed by atoms with van der Waals surface area (Å²) in [4.78, 5) is 31.8. The number of amides is 1. The van der Waals surface area contributed by atoms with E-state index in [0.717, 1.165) is 55.0 Å². The minimum atomic E-state index is -0.565. The van der Waals surface area contributed by atoms with Crippen LogP contribution in [-0.4, -0.2) is 45.3 Å². The first kappa shape index (κ1) is 25.8. The first-order chi connectivity index (χ1) is 17.2. The summed E-state index contributed by atoms with van der Waals surface area (Å²) in [6, 6.07) is 11.1. The molecule has 9 nitrogen and oxygen atoms in total. The number of benzene rings is 2. The third-order valence-electron chi connectivity index (χ3n) is 5.95. The van der Waals surface area contributed by atoms with E-state index >= 15 is 0 Å². The van der Waals surface area contributed by atoms with Crippen molar-refractivity contribution in [2.45, 2.75) is 26.3 Å². The number of hydrogen-bond donors (Lipinski definition) is 1. The topological polar surface area (TPSA) is 110 Å². The number of nitrogens with one attached hydrogen (secondary N) is 1. The fourth-order valence-corrected chi connectivity index (χ4v) is 4.68. The van der Waals surface area contributed by atoms with Gasteiger partial charge in [-0.1, -0.05) is 23.2 Å². The average molecular weight is 530 g/mol. The van der Waals surface area contributed by atoms with Crippen LogP contribution in [0.4, 0.5) is 5.69 Å². The SMILES string of the molecule is CC(=O)NCC1CCN(Cc2cc(Oc3ncc([N+](=O)[O-])cn3)cc(-c3cc(Cl)cc(Cl)c3)c2)CC1. The summed E-state index contributed by atoms with van der Waals surface area (Å²) in [6.45, 7) is 4.78. The zero-order valence-corrected chi connectivity index (χ0v) is 21.1. The van der Waals surface area contributed by atoms with Crippen LogP contribution in [0.25, 0.3) is 11.1 Å². The maximum Gasteiger partial charge on any atom is 0.322 e. The van der Waals surface area contributed by atoms with Gasteiger partial charge in [0, 0.05) is 30.1 Å². The van der Waals surface area contributed by atoms with Crippen LogP contribution in [0.3, 0.4) is 0 Å². The van der Waals surface area contributed by atoms with E-state index in [1.807, 2.05) is 24.3 Å². The van der Waals surface area contributed by atoms with E-state index in [9.17, 15) is 14.9 Å². The molecule has 188 valence electrons. The molecule has 1 saturated heterocycles. The third kappa shape index (κ3) is 7.13. The number of halogens is 2. The molecule has 2 aromatic carbocycles. The Hall–Kier alpha value is -3.27. The van der Waals surface area contributed by atoms with Crippen LogP contribution in [-0.2, 0) is 11.3 Å². The van der Waals surface area contributed by atoms with E-state index in [4.69, 9.17) is 27.9 Å². The number of carbonyl (C=O) groups is 1. The van der Waals surface area contributed by atoms with Crippen LogP contribution < -0.4 is 10.1 Å². The first-order valence-electron chi connectivity index (χ1n) is 11.5. The second kappa shape index (κ2) is 11.6. The number of rotatable bonds is 8. The van der Waals surface area contributed by atoms with Crippen LogP contribution in [0.15, 0.2) is 48.8 Å². The maximum absolute atomic E-state index is 11.2. The Morgan fingerprint density at radius 1 is 1.08 bits per heavy atom. The molecule has 0 spiro atoms. The number of carbonyl (C=O) groups excluding carboxylic acids is 1. The minimum absolute atomic E-state index is 0.0000987. The van der Waals surface area contributed by atoms with Crippen LogP contribution in [0.5, 0.6) is 11.8 Å². The van der Waals surface area contributed by atoms with Crippen LogP contribution in [0.1, 0.15) is 25.3 Å². The number of ether oxygens (including phenoxy) is 1. The van der Waals surface area contributed by atoms with Gasteiger partial charge in [-0.05, 0) is 84.9 Å². The van der Waals surface area contributed by atoms with Gasteiger partial charge in [-0.15, -0.1) is 0 Å². The second-order valence-corrected chi connectivity index (χ2v) is 9.64. The Kier molecular flexibility index (Phi) is 8.35. The van der Waals surface area contributed by atoms with E-state index in [-0.39, 0.29) is 17.6 Å². The molecule has 0 atom stereocenters. The van der Waals surface area contributed by atoms with E-state index in [1.165, 1.54) is 6.92 Å². The molecule has 36 heavy (non-hydrogen) atoms. The van der Waals surface area contributed by atoms with Gasteiger partial charge in [-0.3, -0.25) is 19.8 Å². The van der Waals surface area contributed by atoms with Gasteiger partial charge in [0.1, 0.15) is 18.1 Å². The summed E-state index contributed by atoms with van der Waals surface area (Å²) >= 11 is 12.5. The Morgan fingerprint density at radius 3 is 2.33 bits per heavy atom. The summed E-state index contributed by atoms with van der Waals surface area (Å²) in [5, 5.41) is 14.8. The van der Waals surface area contributed by atoms with Gasteiger partial charge in [-0.2, -0.15) is 9.97 Å². The molecular weight excluding hydrogens is 505 g/mol. The number of hydrogen-bond acceptors (Lipinski definition) is 7. The van der Waals surface area contributed by atoms with E-state index in [2.05, 4.69) is 26.3 Å². The predicted molar refractivity (Wildman–Crippen MR) is 137 cm³/mol. The van der Waals surface area contributed by atoms with Gasteiger partial charge in [0.05, 0.1) is 4.92 Å². The number of nitro groups is 1. The van der Waals surface area contributed by atoms with Crippen molar-refractivity contribution in [3.8, 4) is 22.9 Å². The largest absolute Gasteiger partial charge is 0.424 e. The lowest BCUT2D eigenvalue weighted by atomic mass is 9.96. The standard InChI is InChI=1S/C25H25Cl2N5O4/c1-16(33)28-12-17-2-4-31(5-3-17)15-18-6-19(20-8-21(26)11-22(27)9-20)10-24(7-18)36-25-29-13-23(14-30-25)32(34)35/h6-11,13-14,17H,2-5,12,15H2,1H3,(H,28,33). The van der Waals surface area contributed by atoms with Crippen molar-refractivity contribution in [2.24, 2.45) is 5.92 Å². The first-order valence-corrected chi connectivity index (χ1v) is 12.2. The molecule has 11 heteroatoms. The van der Waals surface area contributed by atoms with Gasteiger partial charge in [-0.25, -0.2) is 0 Å². The van der Waals surface area contributed by atoms with Crippen molar-refractivity contribution in [3.63, 3.8) is 0 Å². The van der Waals surface area contributed by atoms with Crippen LogP contribution >= 0.6 is 23.2 Å². The van der Waals surface area contributed by atoms with E-state index in [1.54, 1.807) is 6.07 Å². The molecule has 1 aromatic heterocycles. The predicted octanol–water partition coefficient (Wildman–Crippen LogP) is 5.50. The number of aromatic nitrogens is 2. The third-order valence-corrected chi connectivity index (χ3v) is 6.39. The van der Waals surface area contributed by atoms with Gasteiger partial charge in [0.25, 0.3) is 0 Å². The molecule has 1 N–H and O–H groups in total. The van der Waals surface area contributed by atoms with Crippen molar-refractivity contribution < 1.29 is 14.5 Å². The molecular formula is C25H25Cl2N5O4. The van der Waals surface area contributed by atoms with Crippen molar-refractivity contribution in [1.29, 1.82) is 0 Å². The molecule has 1 aliphatic rings. The zero-order chi connectivity index (χ0) is 25.7. The molecule has 0 saturated carbocycles. The lowest BCUT2D eigenvalue weighted by molar-refractivity contribution is -0.385. The van der Waals surface area contributed by atoms with E-state index in [0.29, 0.717) is 34.8 Å².